The van der Waals surface area contributed by atoms with Crippen molar-refractivity contribution in [3.63, 3.8) is 0 Å². The number of rotatable bonds is 7. The minimum absolute atomic E-state index is 0.152. The lowest BCUT2D eigenvalue weighted by Crippen LogP contribution is -2.51. The van der Waals surface area contributed by atoms with Crippen LogP contribution in [0.3, 0.4) is 0 Å². The van der Waals surface area contributed by atoms with E-state index in [-0.39, 0.29) is 41.8 Å². The zero-order chi connectivity index (χ0) is 23.5. The molecule has 0 aliphatic carbocycles. The third-order valence-corrected chi connectivity index (χ3v) is 7.40. The van der Waals surface area contributed by atoms with Gasteiger partial charge in [-0.25, -0.2) is 13.2 Å². The van der Waals surface area contributed by atoms with Gasteiger partial charge in [-0.3, -0.25) is 9.48 Å². The molecule has 0 radical (unpaired) electrons. The van der Waals surface area contributed by atoms with Crippen molar-refractivity contribution in [3.05, 3.63) is 46.7 Å². The van der Waals surface area contributed by atoms with Gasteiger partial charge in [0.25, 0.3) is 5.91 Å². The van der Waals surface area contributed by atoms with Crippen LogP contribution in [0.5, 0.6) is 0 Å². The van der Waals surface area contributed by atoms with Gasteiger partial charge >= 0.3 is 5.97 Å². The topological polar surface area (TPSA) is 102 Å². The number of carbonyl (C=O) groups is 2. The number of esters is 1. The molecule has 32 heavy (non-hydrogen) atoms. The van der Waals surface area contributed by atoms with Gasteiger partial charge in [-0.1, -0.05) is 43.6 Å². The zero-order valence-corrected chi connectivity index (χ0v) is 19.9. The fourth-order valence-corrected chi connectivity index (χ4v) is 5.23. The molecule has 0 saturated carbocycles. The Labute approximate surface area is 192 Å². The number of ether oxygens (including phenoxy) is 1. The highest BCUT2D eigenvalue weighted by Gasteiger charge is 2.30. The zero-order valence-electron chi connectivity index (χ0n) is 18.3. The van der Waals surface area contributed by atoms with E-state index in [0.29, 0.717) is 18.2 Å². The standard InChI is InChI=1S/C21H27ClN4O5S/c1-15(2)13-26-20(22)19(16(3)23-26)21(28)31-14-18(27)24-9-11-25(12-10-24)32(29,30)17-7-5-4-6-8-17/h4-8,15H,9-14H2,1-3H3. The van der Waals surface area contributed by atoms with Crippen LogP contribution in [0.1, 0.15) is 29.9 Å². The average Bonchev–Trinajstić information content (AvgIpc) is 3.04. The third-order valence-electron chi connectivity index (χ3n) is 5.11. The Morgan fingerprint density at radius 1 is 1.12 bits per heavy atom. The van der Waals surface area contributed by atoms with Crippen LogP contribution < -0.4 is 0 Å². The molecule has 11 heteroatoms. The molecule has 1 aromatic heterocycles. The Morgan fingerprint density at radius 2 is 1.75 bits per heavy atom. The second-order valence-corrected chi connectivity index (χ2v) is 10.3. The van der Waals surface area contributed by atoms with Gasteiger partial charge in [0.15, 0.2) is 6.61 Å². The van der Waals surface area contributed by atoms with E-state index in [9.17, 15) is 18.0 Å². The number of nitrogens with zero attached hydrogens (tertiary/aromatic N) is 4. The van der Waals surface area contributed by atoms with Crippen molar-refractivity contribution in [3.8, 4) is 0 Å². The number of hydrogen-bond donors (Lipinski definition) is 0. The monoisotopic (exact) mass is 482 g/mol. The van der Waals surface area contributed by atoms with Gasteiger partial charge in [0.05, 0.1) is 10.6 Å². The molecule has 1 fully saturated rings. The van der Waals surface area contributed by atoms with Crippen molar-refractivity contribution in [1.82, 2.24) is 19.0 Å². The maximum atomic E-state index is 12.7. The van der Waals surface area contributed by atoms with Crippen LogP contribution in [0, 0.1) is 12.8 Å². The first-order chi connectivity index (χ1) is 15.1. The SMILES string of the molecule is Cc1nn(CC(C)C)c(Cl)c1C(=O)OCC(=O)N1CCN(S(=O)(=O)c2ccccc2)CC1. The Balaban J connectivity index is 1.55. The number of hydrogen-bond acceptors (Lipinski definition) is 6. The van der Waals surface area contributed by atoms with Gasteiger partial charge in [-0.15, -0.1) is 0 Å². The molecule has 1 aliphatic rings. The molecule has 0 atom stereocenters. The smallest absolute Gasteiger partial charge is 0.343 e. The summed E-state index contributed by atoms with van der Waals surface area (Å²) >= 11 is 6.28. The van der Waals surface area contributed by atoms with Gasteiger partial charge < -0.3 is 9.64 Å². The maximum absolute atomic E-state index is 12.7. The van der Waals surface area contributed by atoms with E-state index in [1.165, 1.54) is 9.21 Å². The predicted molar refractivity (Wildman–Crippen MR) is 119 cm³/mol. The van der Waals surface area contributed by atoms with Gasteiger partial charge in [0.2, 0.25) is 10.0 Å². The summed E-state index contributed by atoms with van der Waals surface area (Å²) in [7, 11) is -3.60. The van der Waals surface area contributed by atoms with E-state index < -0.39 is 28.5 Å². The number of amides is 1. The first-order valence-electron chi connectivity index (χ1n) is 10.3. The van der Waals surface area contributed by atoms with Crippen LogP contribution in [0.4, 0.5) is 0 Å². The Hall–Kier alpha value is -2.43. The van der Waals surface area contributed by atoms with Crippen molar-refractivity contribution in [1.29, 1.82) is 0 Å². The highest BCUT2D eigenvalue weighted by molar-refractivity contribution is 7.89. The van der Waals surface area contributed by atoms with E-state index in [1.54, 1.807) is 41.9 Å². The minimum atomic E-state index is -3.60. The predicted octanol–water partition coefficient (Wildman–Crippen LogP) is 2.19. The highest BCUT2D eigenvalue weighted by atomic mass is 35.5. The molecule has 0 bridgehead atoms. The first kappa shape index (κ1) is 24.2. The lowest BCUT2D eigenvalue weighted by Gasteiger charge is -2.33. The largest absolute Gasteiger partial charge is 0.452 e. The number of halogens is 1. The van der Waals surface area contributed by atoms with E-state index in [2.05, 4.69) is 5.10 Å². The van der Waals surface area contributed by atoms with Crippen LogP contribution >= 0.6 is 11.6 Å². The lowest BCUT2D eigenvalue weighted by molar-refractivity contribution is -0.135. The molecule has 0 unspecified atom stereocenters. The fourth-order valence-electron chi connectivity index (χ4n) is 3.46. The van der Waals surface area contributed by atoms with E-state index in [1.807, 2.05) is 13.8 Å². The van der Waals surface area contributed by atoms with Crippen LogP contribution in [0.2, 0.25) is 5.15 Å². The second kappa shape index (κ2) is 10.0. The molecular formula is C21H27ClN4O5S. The Bertz CT molecular complexity index is 1080. The normalized spacial score (nSPS) is 15.2. The molecule has 174 valence electrons. The molecule has 2 heterocycles. The lowest BCUT2D eigenvalue weighted by atomic mass is 10.2. The van der Waals surface area contributed by atoms with Gasteiger partial charge in [0, 0.05) is 32.7 Å². The summed E-state index contributed by atoms with van der Waals surface area (Å²) in [5, 5.41) is 4.46. The van der Waals surface area contributed by atoms with E-state index in [0.717, 1.165) is 0 Å². The first-order valence-corrected chi connectivity index (χ1v) is 12.2. The molecular weight excluding hydrogens is 456 g/mol. The quantitative estimate of drug-likeness (QED) is 0.560. The molecule has 0 N–H and O–H groups in total. The summed E-state index contributed by atoms with van der Waals surface area (Å²) in [6.07, 6.45) is 0. The Morgan fingerprint density at radius 3 is 2.34 bits per heavy atom. The summed E-state index contributed by atoms with van der Waals surface area (Å²) < 4.78 is 33.5. The van der Waals surface area contributed by atoms with E-state index >= 15 is 0 Å². The van der Waals surface area contributed by atoms with Crippen molar-refractivity contribution in [2.24, 2.45) is 5.92 Å². The van der Waals surface area contributed by atoms with Crippen molar-refractivity contribution >= 4 is 33.5 Å². The number of sulfonamides is 1. The van der Waals surface area contributed by atoms with Crippen LogP contribution in [0.25, 0.3) is 0 Å². The number of piperazine rings is 1. The van der Waals surface area contributed by atoms with Gasteiger partial charge in [-0.05, 0) is 25.0 Å². The van der Waals surface area contributed by atoms with Crippen LogP contribution in [-0.2, 0) is 26.1 Å². The van der Waals surface area contributed by atoms with Crippen LogP contribution in [-0.4, -0.2) is 72.1 Å². The van der Waals surface area contributed by atoms with Gasteiger partial charge in [0.1, 0.15) is 10.7 Å². The summed E-state index contributed by atoms with van der Waals surface area (Å²) in [5.74, 6) is -0.804. The highest BCUT2D eigenvalue weighted by Crippen LogP contribution is 2.22. The summed E-state index contributed by atoms with van der Waals surface area (Å²) in [6.45, 7) is 6.56. The molecule has 1 amide bonds. The molecule has 1 aromatic carbocycles. The number of aromatic nitrogens is 2. The third kappa shape index (κ3) is 5.31. The molecule has 2 aromatic rings. The molecule has 0 spiro atoms. The van der Waals surface area contributed by atoms with Crippen molar-refractivity contribution in [2.45, 2.75) is 32.2 Å². The molecule has 9 nitrogen and oxygen atoms in total. The summed E-state index contributed by atoms with van der Waals surface area (Å²) in [6, 6.07) is 8.18. The van der Waals surface area contributed by atoms with Crippen molar-refractivity contribution < 1.29 is 22.7 Å². The van der Waals surface area contributed by atoms with Gasteiger partial charge in [-0.2, -0.15) is 9.40 Å². The minimum Gasteiger partial charge on any atom is -0.452 e. The molecule has 3 rings (SSSR count). The molecule has 1 aliphatic heterocycles. The van der Waals surface area contributed by atoms with E-state index in [4.69, 9.17) is 16.3 Å². The second-order valence-electron chi connectivity index (χ2n) is 8.00. The number of carbonyl (C=O) groups excluding carboxylic acids is 2. The number of aryl methyl sites for hydroxylation is 1. The molecule has 1 saturated heterocycles. The fraction of sp³-hybridized carbons (Fsp3) is 0.476. The number of benzene rings is 1. The maximum Gasteiger partial charge on any atom is 0.343 e. The average molecular weight is 483 g/mol. The summed E-state index contributed by atoms with van der Waals surface area (Å²) in [5.41, 5.74) is 0.590. The Kier molecular flexibility index (Phi) is 7.58. The van der Waals surface area contributed by atoms with Crippen LogP contribution in [0.15, 0.2) is 35.2 Å². The van der Waals surface area contributed by atoms with Crippen molar-refractivity contribution in [2.75, 3.05) is 32.8 Å². The summed E-state index contributed by atoms with van der Waals surface area (Å²) in [4.78, 5) is 26.7.